The van der Waals surface area contributed by atoms with Gasteiger partial charge in [-0.25, -0.2) is 4.79 Å². The van der Waals surface area contributed by atoms with Gasteiger partial charge in [0.15, 0.2) is 0 Å². The molecule has 7 nitrogen and oxygen atoms in total. The highest BCUT2D eigenvalue weighted by molar-refractivity contribution is 6.31. The van der Waals surface area contributed by atoms with Gasteiger partial charge in [0.05, 0.1) is 12.0 Å². The molecule has 23 heavy (non-hydrogen) atoms. The summed E-state index contributed by atoms with van der Waals surface area (Å²) >= 11 is 5.88. The van der Waals surface area contributed by atoms with E-state index in [0.29, 0.717) is 16.4 Å². The van der Waals surface area contributed by atoms with E-state index in [1.54, 1.807) is 31.3 Å². The number of rotatable bonds is 4. The number of anilines is 3. The van der Waals surface area contributed by atoms with Crippen molar-refractivity contribution in [3.8, 4) is 0 Å². The van der Waals surface area contributed by atoms with E-state index in [4.69, 9.17) is 11.6 Å². The second-order valence-corrected chi connectivity index (χ2v) is 5.06. The van der Waals surface area contributed by atoms with Crippen LogP contribution < -0.4 is 10.2 Å². The Morgan fingerprint density at radius 3 is 2.48 bits per heavy atom. The molecule has 0 spiro atoms. The molecule has 2 rings (SSSR count). The minimum atomic E-state index is -0.490. The molecule has 1 amide bonds. The highest BCUT2D eigenvalue weighted by atomic mass is 35.5. The van der Waals surface area contributed by atoms with Crippen molar-refractivity contribution in [1.29, 1.82) is 0 Å². The van der Waals surface area contributed by atoms with Crippen molar-refractivity contribution < 1.29 is 14.5 Å². The van der Waals surface area contributed by atoms with Crippen LogP contribution >= 0.6 is 11.6 Å². The maximum Gasteiger partial charge on any atom is 0.413 e. The lowest BCUT2D eigenvalue weighted by Crippen LogP contribution is -2.25. The Morgan fingerprint density at radius 2 is 1.91 bits per heavy atom. The number of nitrogens with zero attached hydrogens (tertiary/aromatic N) is 2. The van der Waals surface area contributed by atoms with Crippen molar-refractivity contribution in [1.82, 2.24) is 0 Å². The van der Waals surface area contributed by atoms with E-state index in [9.17, 15) is 14.9 Å². The van der Waals surface area contributed by atoms with Gasteiger partial charge < -0.3 is 10.1 Å². The van der Waals surface area contributed by atoms with Gasteiger partial charge in [-0.15, -0.1) is 0 Å². The number of methoxy groups -OCH3 is 1. The molecule has 2 aromatic carbocycles. The molecule has 0 radical (unpaired) electrons. The molecular formula is C15H14ClN3O4. The Kier molecular flexibility index (Phi) is 5.02. The van der Waals surface area contributed by atoms with E-state index in [1.165, 1.54) is 30.2 Å². The van der Waals surface area contributed by atoms with Gasteiger partial charge >= 0.3 is 6.09 Å². The molecule has 0 aliphatic rings. The quantitative estimate of drug-likeness (QED) is 0.668. The van der Waals surface area contributed by atoms with Crippen molar-refractivity contribution in [3.05, 3.63) is 57.6 Å². The van der Waals surface area contributed by atoms with Crippen molar-refractivity contribution in [2.75, 3.05) is 24.4 Å². The van der Waals surface area contributed by atoms with E-state index in [2.05, 4.69) is 10.1 Å². The molecule has 2 aromatic rings. The summed E-state index contributed by atoms with van der Waals surface area (Å²) in [6, 6.07) is 11.0. The molecule has 0 saturated carbocycles. The molecule has 120 valence electrons. The number of nitro benzene ring substituents is 1. The standard InChI is InChI=1S/C15H14ClN3O4/c1-18(15(20)23-2)12-6-4-11(5-7-12)17-13-9-10(16)3-8-14(13)19(21)22/h3-9,17H,1-2H3. The zero-order valence-electron chi connectivity index (χ0n) is 12.4. The number of nitrogens with one attached hydrogen (secondary N) is 1. The summed E-state index contributed by atoms with van der Waals surface area (Å²) in [6.45, 7) is 0. The van der Waals surface area contributed by atoms with Crippen LogP contribution in [0.1, 0.15) is 0 Å². The molecule has 0 fully saturated rings. The Balaban J connectivity index is 2.23. The molecule has 0 aromatic heterocycles. The molecular weight excluding hydrogens is 322 g/mol. The summed E-state index contributed by atoms with van der Waals surface area (Å²) in [5, 5.41) is 14.4. The summed E-state index contributed by atoms with van der Waals surface area (Å²) in [4.78, 5) is 23.3. The van der Waals surface area contributed by atoms with Gasteiger partial charge in [-0.3, -0.25) is 15.0 Å². The first-order valence-electron chi connectivity index (χ1n) is 6.55. The number of ether oxygens (including phenoxy) is 1. The lowest BCUT2D eigenvalue weighted by molar-refractivity contribution is -0.383. The summed E-state index contributed by atoms with van der Waals surface area (Å²) in [6.07, 6.45) is -0.490. The third kappa shape index (κ3) is 3.89. The van der Waals surface area contributed by atoms with E-state index in [0.717, 1.165) is 0 Å². The predicted molar refractivity (Wildman–Crippen MR) is 88.6 cm³/mol. The van der Waals surface area contributed by atoms with E-state index in [1.807, 2.05) is 0 Å². The summed E-state index contributed by atoms with van der Waals surface area (Å²) in [7, 11) is 2.88. The molecule has 0 unspecified atom stereocenters. The fourth-order valence-corrected chi connectivity index (χ4v) is 2.11. The van der Waals surface area contributed by atoms with Crippen molar-refractivity contribution in [2.24, 2.45) is 0 Å². The first kappa shape index (κ1) is 16.6. The van der Waals surface area contributed by atoms with E-state index >= 15 is 0 Å². The average molecular weight is 336 g/mol. The van der Waals surface area contributed by atoms with Crippen molar-refractivity contribution >= 4 is 40.4 Å². The van der Waals surface area contributed by atoms with Gasteiger partial charge in [-0.1, -0.05) is 11.6 Å². The maximum absolute atomic E-state index is 11.4. The van der Waals surface area contributed by atoms with Gasteiger partial charge in [0.2, 0.25) is 0 Å². The topological polar surface area (TPSA) is 84.7 Å². The predicted octanol–water partition coefficient (Wildman–Crippen LogP) is 4.19. The average Bonchev–Trinajstić information content (AvgIpc) is 2.54. The van der Waals surface area contributed by atoms with E-state index < -0.39 is 11.0 Å². The first-order valence-corrected chi connectivity index (χ1v) is 6.93. The number of hydrogen-bond donors (Lipinski definition) is 1. The number of amides is 1. The Bertz CT molecular complexity index is 734. The number of hydrogen-bond acceptors (Lipinski definition) is 5. The molecule has 1 N–H and O–H groups in total. The fraction of sp³-hybridized carbons (Fsp3) is 0.133. The molecule has 0 aliphatic carbocycles. The summed E-state index contributed by atoms with van der Waals surface area (Å²) in [5.41, 5.74) is 1.46. The lowest BCUT2D eigenvalue weighted by atomic mass is 10.2. The van der Waals surface area contributed by atoms with Crippen LogP contribution in [0.5, 0.6) is 0 Å². The Labute approximate surface area is 137 Å². The van der Waals surface area contributed by atoms with Crippen LogP contribution in [0.4, 0.5) is 27.5 Å². The highest BCUT2D eigenvalue weighted by Crippen LogP contribution is 2.31. The number of halogens is 1. The molecule has 0 atom stereocenters. The number of carbonyl (C=O) groups is 1. The number of carbonyl (C=O) groups excluding carboxylic acids is 1. The monoisotopic (exact) mass is 335 g/mol. The fourth-order valence-electron chi connectivity index (χ4n) is 1.93. The van der Waals surface area contributed by atoms with Gasteiger partial charge in [0, 0.05) is 29.5 Å². The van der Waals surface area contributed by atoms with Crippen LogP contribution in [-0.4, -0.2) is 25.2 Å². The minimum Gasteiger partial charge on any atom is -0.452 e. The van der Waals surface area contributed by atoms with Crippen molar-refractivity contribution in [3.63, 3.8) is 0 Å². The third-order valence-corrected chi connectivity index (χ3v) is 3.37. The molecule has 0 saturated heterocycles. The lowest BCUT2D eigenvalue weighted by Gasteiger charge is -2.16. The third-order valence-electron chi connectivity index (χ3n) is 3.14. The second-order valence-electron chi connectivity index (χ2n) is 4.62. The largest absolute Gasteiger partial charge is 0.452 e. The SMILES string of the molecule is COC(=O)N(C)c1ccc(Nc2cc(Cl)ccc2[N+](=O)[O-])cc1. The number of benzene rings is 2. The van der Waals surface area contributed by atoms with Gasteiger partial charge in [0.1, 0.15) is 5.69 Å². The zero-order valence-corrected chi connectivity index (χ0v) is 13.2. The van der Waals surface area contributed by atoms with Crippen LogP contribution in [0.25, 0.3) is 0 Å². The molecule has 0 bridgehead atoms. The van der Waals surface area contributed by atoms with Crippen LogP contribution in [0.15, 0.2) is 42.5 Å². The van der Waals surface area contributed by atoms with Gasteiger partial charge in [-0.2, -0.15) is 0 Å². The minimum absolute atomic E-state index is 0.0786. The highest BCUT2D eigenvalue weighted by Gasteiger charge is 2.15. The van der Waals surface area contributed by atoms with Crippen LogP contribution in [0, 0.1) is 10.1 Å². The molecule has 0 heterocycles. The van der Waals surface area contributed by atoms with Crippen molar-refractivity contribution in [2.45, 2.75) is 0 Å². The first-order chi connectivity index (χ1) is 10.9. The van der Waals surface area contributed by atoms with Crippen LogP contribution in [0.3, 0.4) is 0 Å². The van der Waals surface area contributed by atoms with Crippen LogP contribution in [0.2, 0.25) is 5.02 Å². The normalized spacial score (nSPS) is 10.0. The molecule has 8 heteroatoms. The second kappa shape index (κ2) is 6.97. The number of nitro groups is 1. The van der Waals surface area contributed by atoms with E-state index in [-0.39, 0.29) is 11.4 Å². The van der Waals surface area contributed by atoms with Gasteiger partial charge in [0.25, 0.3) is 5.69 Å². The smallest absolute Gasteiger partial charge is 0.413 e. The summed E-state index contributed by atoms with van der Waals surface area (Å²) in [5.74, 6) is 0. The Morgan fingerprint density at radius 1 is 1.26 bits per heavy atom. The van der Waals surface area contributed by atoms with Gasteiger partial charge in [-0.05, 0) is 36.4 Å². The summed E-state index contributed by atoms with van der Waals surface area (Å²) < 4.78 is 4.63. The zero-order chi connectivity index (χ0) is 17.0. The maximum atomic E-state index is 11.4. The molecule has 0 aliphatic heterocycles. The Hall–Kier alpha value is -2.80. The van der Waals surface area contributed by atoms with Crippen LogP contribution in [-0.2, 0) is 4.74 Å².